The fourth-order valence-electron chi connectivity index (χ4n) is 1.65. The smallest absolute Gasteiger partial charge is 0.271 e. The predicted octanol–water partition coefficient (Wildman–Crippen LogP) is 0.415. The van der Waals surface area contributed by atoms with Gasteiger partial charge in [-0.05, 0) is 28.1 Å². The minimum Gasteiger partial charge on any atom is -0.396 e. The van der Waals surface area contributed by atoms with Gasteiger partial charge in [-0.1, -0.05) is 6.07 Å². The Morgan fingerprint density at radius 1 is 1.21 bits per heavy atom. The number of hydrogen-bond donors (Lipinski definition) is 3. The lowest BCUT2D eigenvalue weighted by atomic mass is 10.1. The molecule has 6 N–H and O–H groups in total. The highest BCUT2D eigenvalue weighted by atomic mass is 79.9. The molecule has 0 saturated carbocycles. The van der Waals surface area contributed by atoms with Crippen LogP contribution in [0.4, 0.5) is 5.69 Å². The number of aromatic nitrogens is 2. The Kier molecular flexibility index (Phi) is 3.26. The van der Waals surface area contributed by atoms with Crippen molar-refractivity contribution in [3.63, 3.8) is 0 Å². The number of hydrogen-bond acceptors (Lipinski definition) is 4. The van der Waals surface area contributed by atoms with Crippen LogP contribution in [0.25, 0.3) is 5.69 Å². The largest absolute Gasteiger partial charge is 0.396 e. The second-order valence-electron chi connectivity index (χ2n) is 3.74. The maximum atomic E-state index is 11.5. The Hall–Kier alpha value is -2.35. The first-order valence-electron chi connectivity index (χ1n) is 5.15. The van der Waals surface area contributed by atoms with Gasteiger partial charge in [-0.15, -0.1) is 0 Å². The van der Waals surface area contributed by atoms with Crippen LogP contribution in [0, 0.1) is 0 Å². The van der Waals surface area contributed by atoms with E-state index < -0.39 is 11.8 Å². The van der Waals surface area contributed by atoms with Crippen LogP contribution in [0.3, 0.4) is 0 Å². The van der Waals surface area contributed by atoms with Gasteiger partial charge in [0.25, 0.3) is 11.8 Å². The van der Waals surface area contributed by atoms with E-state index in [2.05, 4.69) is 21.0 Å². The van der Waals surface area contributed by atoms with Crippen molar-refractivity contribution in [3.05, 3.63) is 40.1 Å². The molecule has 2 rings (SSSR count). The number of anilines is 1. The van der Waals surface area contributed by atoms with E-state index in [9.17, 15) is 9.59 Å². The second-order valence-corrected chi connectivity index (χ2v) is 4.59. The Balaban J connectivity index is 2.66. The molecule has 0 bridgehead atoms. The van der Waals surface area contributed by atoms with E-state index in [1.165, 1.54) is 10.9 Å². The maximum absolute atomic E-state index is 11.5. The third-order valence-corrected chi connectivity index (χ3v) is 3.12. The van der Waals surface area contributed by atoms with Gasteiger partial charge in [0.2, 0.25) is 0 Å². The zero-order chi connectivity index (χ0) is 14.2. The number of benzene rings is 1. The van der Waals surface area contributed by atoms with Gasteiger partial charge >= 0.3 is 0 Å². The number of primary amides is 2. The molecule has 7 nitrogen and oxygen atoms in total. The number of nitrogens with zero attached hydrogens (tertiary/aromatic N) is 2. The minimum absolute atomic E-state index is 0.0598. The number of nitrogen functional groups attached to an aromatic ring is 1. The van der Waals surface area contributed by atoms with E-state index in [-0.39, 0.29) is 16.9 Å². The summed E-state index contributed by atoms with van der Waals surface area (Å²) in [5, 5.41) is 3.95. The van der Waals surface area contributed by atoms with Crippen molar-refractivity contribution in [1.82, 2.24) is 9.78 Å². The van der Waals surface area contributed by atoms with Crippen molar-refractivity contribution in [2.75, 3.05) is 5.73 Å². The van der Waals surface area contributed by atoms with Crippen LogP contribution >= 0.6 is 15.9 Å². The highest BCUT2D eigenvalue weighted by Crippen LogP contribution is 2.24. The van der Waals surface area contributed by atoms with E-state index in [1.807, 2.05) is 0 Å². The van der Waals surface area contributed by atoms with Crippen LogP contribution in [-0.2, 0) is 0 Å². The molecular formula is C11H10BrN5O2. The number of carbonyl (C=O) groups is 2. The number of nitrogens with two attached hydrogens (primary N) is 3. The maximum Gasteiger partial charge on any atom is 0.271 e. The molecule has 8 heteroatoms. The molecule has 2 amide bonds. The molecule has 0 atom stereocenters. The highest BCUT2D eigenvalue weighted by Gasteiger charge is 2.17. The summed E-state index contributed by atoms with van der Waals surface area (Å²) in [6, 6.07) is 5.00. The summed E-state index contributed by atoms with van der Waals surface area (Å²) in [6.07, 6.45) is 1.40. The zero-order valence-electron chi connectivity index (χ0n) is 9.63. The molecule has 0 aliphatic heterocycles. The summed E-state index contributed by atoms with van der Waals surface area (Å²) in [5.74, 6) is -1.37. The van der Waals surface area contributed by atoms with E-state index in [0.717, 1.165) is 0 Å². The van der Waals surface area contributed by atoms with Crippen LogP contribution in [0.15, 0.2) is 28.9 Å². The summed E-state index contributed by atoms with van der Waals surface area (Å²) >= 11 is 3.23. The topological polar surface area (TPSA) is 130 Å². The fraction of sp³-hybridized carbons (Fsp3) is 0. The molecule has 98 valence electrons. The van der Waals surface area contributed by atoms with Gasteiger partial charge in [0.15, 0.2) is 5.69 Å². The van der Waals surface area contributed by atoms with E-state index in [4.69, 9.17) is 17.2 Å². The SMILES string of the molecule is NC(=O)c1nn(-c2cccc(Br)c2C(N)=O)cc1N. The van der Waals surface area contributed by atoms with Gasteiger partial charge in [0, 0.05) is 4.47 Å². The monoisotopic (exact) mass is 323 g/mol. The van der Waals surface area contributed by atoms with E-state index >= 15 is 0 Å². The van der Waals surface area contributed by atoms with Gasteiger partial charge in [-0.3, -0.25) is 9.59 Å². The lowest BCUT2D eigenvalue weighted by molar-refractivity contribution is 0.0990. The molecule has 0 spiro atoms. The molecule has 0 aliphatic carbocycles. The Labute approximate surface area is 116 Å². The van der Waals surface area contributed by atoms with Crippen molar-refractivity contribution >= 4 is 33.4 Å². The first kappa shape index (κ1) is 13.1. The Bertz CT molecular complexity index is 680. The summed E-state index contributed by atoms with van der Waals surface area (Å²) in [6.45, 7) is 0. The summed E-state index contributed by atoms with van der Waals surface area (Å²) in [4.78, 5) is 22.6. The molecule has 2 aromatic rings. The lowest BCUT2D eigenvalue weighted by Crippen LogP contribution is -2.17. The van der Waals surface area contributed by atoms with Crippen LogP contribution in [-0.4, -0.2) is 21.6 Å². The van der Waals surface area contributed by atoms with Crippen LogP contribution in [0.1, 0.15) is 20.8 Å². The van der Waals surface area contributed by atoms with Crippen molar-refractivity contribution in [2.24, 2.45) is 11.5 Å². The van der Waals surface area contributed by atoms with Crippen molar-refractivity contribution in [1.29, 1.82) is 0 Å². The molecule has 0 unspecified atom stereocenters. The lowest BCUT2D eigenvalue weighted by Gasteiger charge is -2.08. The zero-order valence-corrected chi connectivity index (χ0v) is 11.2. The van der Waals surface area contributed by atoms with E-state index in [0.29, 0.717) is 10.2 Å². The number of carbonyl (C=O) groups excluding carboxylic acids is 2. The normalized spacial score (nSPS) is 10.4. The third-order valence-electron chi connectivity index (χ3n) is 2.46. The molecule has 0 fully saturated rings. The van der Waals surface area contributed by atoms with Gasteiger partial charge in [0.1, 0.15) is 0 Å². The molecule has 0 radical (unpaired) electrons. The molecular weight excluding hydrogens is 314 g/mol. The van der Waals surface area contributed by atoms with Crippen LogP contribution in [0.2, 0.25) is 0 Å². The van der Waals surface area contributed by atoms with Gasteiger partial charge < -0.3 is 17.2 Å². The first-order chi connectivity index (χ1) is 8.91. The van der Waals surface area contributed by atoms with Gasteiger partial charge in [0.05, 0.1) is 23.1 Å². The van der Waals surface area contributed by atoms with Crippen molar-refractivity contribution < 1.29 is 9.59 Å². The highest BCUT2D eigenvalue weighted by molar-refractivity contribution is 9.10. The van der Waals surface area contributed by atoms with Crippen LogP contribution in [0.5, 0.6) is 0 Å². The molecule has 1 heterocycles. The van der Waals surface area contributed by atoms with Gasteiger partial charge in [-0.25, -0.2) is 4.68 Å². The number of rotatable bonds is 3. The van der Waals surface area contributed by atoms with Crippen molar-refractivity contribution in [2.45, 2.75) is 0 Å². The molecule has 1 aromatic carbocycles. The fourth-order valence-corrected chi connectivity index (χ4v) is 2.20. The molecule has 1 aromatic heterocycles. The Morgan fingerprint density at radius 3 is 2.42 bits per heavy atom. The number of halogens is 1. The van der Waals surface area contributed by atoms with Gasteiger partial charge in [-0.2, -0.15) is 5.10 Å². The Morgan fingerprint density at radius 2 is 1.89 bits per heavy atom. The predicted molar refractivity (Wildman–Crippen MR) is 72.7 cm³/mol. The second kappa shape index (κ2) is 4.73. The van der Waals surface area contributed by atoms with Crippen molar-refractivity contribution in [3.8, 4) is 5.69 Å². The molecule has 0 saturated heterocycles. The summed E-state index contributed by atoms with van der Waals surface area (Å²) in [7, 11) is 0. The standard InChI is InChI=1S/C11H10BrN5O2/c12-5-2-1-3-7(8(5)10(14)18)17-4-6(13)9(16-17)11(15)19/h1-4H,13H2,(H2,14,18)(H2,15,19). The average Bonchev–Trinajstić information content (AvgIpc) is 2.70. The summed E-state index contributed by atoms with van der Waals surface area (Å²) < 4.78 is 1.81. The third kappa shape index (κ3) is 2.29. The first-order valence-corrected chi connectivity index (χ1v) is 5.94. The van der Waals surface area contributed by atoms with Crippen LogP contribution < -0.4 is 17.2 Å². The summed E-state index contributed by atoms with van der Waals surface area (Å²) in [5.41, 5.74) is 16.8. The van der Waals surface area contributed by atoms with E-state index in [1.54, 1.807) is 18.2 Å². The number of amides is 2. The molecule has 0 aliphatic rings. The quantitative estimate of drug-likeness (QED) is 0.755. The molecule has 19 heavy (non-hydrogen) atoms. The average molecular weight is 324 g/mol. The minimum atomic E-state index is -0.744.